The van der Waals surface area contributed by atoms with Crippen molar-refractivity contribution in [3.8, 4) is 5.75 Å². The standard InChI is InChI=1S/C32H55N3O5/c1-9-12-14-15-16-17-22-35(30(38)26(23(4)11-3)34-31(39)40-32(6,7)8)27(29(37)33-21-13-10-2)25-20-18-19-24(5)28(25)36/h18-20,23,26-27,36H,9-17,21-22H2,1-8H3,(H,33,37)(H,34,39). The van der Waals surface area contributed by atoms with Gasteiger partial charge in [0.15, 0.2) is 0 Å². The molecule has 40 heavy (non-hydrogen) atoms. The zero-order valence-electron chi connectivity index (χ0n) is 26.3. The van der Waals surface area contributed by atoms with E-state index in [1.54, 1.807) is 50.8 Å². The number of carbonyl (C=O) groups is 3. The zero-order valence-corrected chi connectivity index (χ0v) is 26.3. The average molecular weight is 562 g/mol. The van der Waals surface area contributed by atoms with Crippen LogP contribution in [0.25, 0.3) is 0 Å². The molecule has 0 heterocycles. The second-order valence-corrected chi connectivity index (χ2v) is 11.9. The lowest BCUT2D eigenvalue weighted by atomic mass is 9.94. The van der Waals surface area contributed by atoms with Gasteiger partial charge in [0, 0.05) is 18.7 Å². The van der Waals surface area contributed by atoms with Crippen LogP contribution in [0.2, 0.25) is 0 Å². The summed E-state index contributed by atoms with van der Waals surface area (Å²) in [5, 5.41) is 16.8. The van der Waals surface area contributed by atoms with Crippen LogP contribution in [0.1, 0.15) is 123 Å². The Labute approximate surface area is 242 Å². The first-order valence-corrected chi connectivity index (χ1v) is 15.2. The highest BCUT2D eigenvalue weighted by atomic mass is 16.6. The maximum absolute atomic E-state index is 14.4. The van der Waals surface area contributed by atoms with E-state index in [2.05, 4.69) is 17.6 Å². The van der Waals surface area contributed by atoms with Crippen molar-refractivity contribution in [2.75, 3.05) is 13.1 Å². The maximum atomic E-state index is 14.4. The predicted octanol–water partition coefficient (Wildman–Crippen LogP) is 6.79. The van der Waals surface area contributed by atoms with Crippen LogP contribution >= 0.6 is 0 Å². The normalized spacial score (nSPS) is 13.7. The van der Waals surface area contributed by atoms with Crippen LogP contribution in [0.4, 0.5) is 4.79 Å². The lowest BCUT2D eigenvalue weighted by molar-refractivity contribution is -0.143. The Morgan fingerprint density at radius 2 is 1.60 bits per heavy atom. The molecule has 0 aliphatic heterocycles. The largest absolute Gasteiger partial charge is 0.507 e. The lowest BCUT2D eigenvalue weighted by Crippen LogP contribution is -2.55. The minimum Gasteiger partial charge on any atom is -0.507 e. The molecule has 0 bridgehead atoms. The number of alkyl carbamates (subject to hydrolysis) is 1. The minimum atomic E-state index is -1.04. The van der Waals surface area contributed by atoms with E-state index < -0.39 is 23.8 Å². The molecule has 0 aliphatic carbocycles. The van der Waals surface area contributed by atoms with Gasteiger partial charge in [0.05, 0.1) is 0 Å². The second kappa shape index (κ2) is 17.8. The Hall–Kier alpha value is -2.77. The molecule has 1 aromatic carbocycles. The third kappa shape index (κ3) is 11.8. The molecule has 0 aliphatic rings. The number of nitrogens with one attached hydrogen (secondary N) is 2. The van der Waals surface area contributed by atoms with E-state index >= 15 is 0 Å². The first kappa shape index (κ1) is 35.3. The molecule has 1 aromatic rings. The minimum absolute atomic E-state index is 0.000853. The summed E-state index contributed by atoms with van der Waals surface area (Å²) in [6.07, 6.45) is 7.79. The Balaban J connectivity index is 3.52. The molecule has 8 nitrogen and oxygen atoms in total. The number of phenolic OH excluding ortho intramolecular Hbond substituents is 1. The molecule has 8 heteroatoms. The SMILES string of the molecule is CCCCCCCCN(C(=O)C(NC(=O)OC(C)(C)C)C(C)CC)C(C(=O)NCCCC)c1cccc(C)c1O. The van der Waals surface area contributed by atoms with Crippen LogP contribution in [0.3, 0.4) is 0 Å². The van der Waals surface area contributed by atoms with Gasteiger partial charge in [-0.05, 0) is 52.0 Å². The van der Waals surface area contributed by atoms with E-state index in [-0.39, 0.29) is 23.5 Å². The number of ether oxygens (including phenoxy) is 1. The van der Waals surface area contributed by atoms with Gasteiger partial charge < -0.3 is 25.4 Å². The van der Waals surface area contributed by atoms with Gasteiger partial charge in [-0.2, -0.15) is 0 Å². The first-order valence-electron chi connectivity index (χ1n) is 15.2. The summed E-state index contributed by atoms with van der Waals surface area (Å²) in [5.74, 6) is -0.903. The fourth-order valence-electron chi connectivity index (χ4n) is 4.56. The molecule has 3 atom stereocenters. The summed E-state index contributed by atoms with van der Waals surface area (Å²) < 4.78 is 5.48. The summed E-state index contributed by atoms with van der Waals surface area (Å²) in [6, 6.07) is 3.34. The number of phenols is 1. The molecule has 228 valence electrons. The molecule has 3 unspecified atom stereocenters. The highest BCUT2D eigenvalue weighted by Gasteiger charge is 2.39. The third-order valence-corrected chi connectivity index (χ3v) is 7.14. The molecule has 3 N–H and O–H groups in total. The number of nitrogens with zero attached hydrogens (tertiary/aromatic N) is 1. The van der Waals surface area contributed by atoms with E-state index in [0.29, 0.717) is 37.1 Å². The summed E-state index contributed by atoms with van der Waals surface area (Å²) in [5.41, 5.74) is 0.287. The maximum Gasteiger partial charge on any atom is 0.408 e. The van der Waals surface area contributed by atoms with E-state index in [1.807, 2.05) is 20.8 Å². The van der Waals surface area contributed by atoms with Crippen LogP contribution in [0.5, 0.6) is 5.75 Å². The summed E-state index contributed by atoms with van der Waals surface area (Å²) in [4.78, 5) is 42.5. The number of carbonyl (C=O) groups excluding carboxylic acids is 3. The number of hydrogen-bond donors (Lipinski definition) is 3. The molecule has 0 saturated heterocycles. The van der Waals surface area contributed by atoms with Gasteiger partial charge >= 0.3 is 6.09 Å². The fourth-order valence-corrected chi connectivity index (χ4v) is 4.56. The molecular weight excluding hydrogens is 506 g/mol. The zero-order chi connectivity index (χ0) is 30.3. The topological polar surface area (TPSA) is 108 Å². The molecular formula is C32H55N3O5. The molecule has 0 saturated carbocycles. The molecule has 0 spiro atoms. The average Bonchev–Trinajstić information content (AvgIpc) is 2.89. The van der Waals surface area contributed by atoms with Crippen molar-refractivity contribution in [2.45, 2.75) is 131 Å². The number of unbranched alkanes of at least 4 members (excludes halogenated alkanes) is 6. The van der Waals surface area contributed by atoms with Gasteiger partial charge in [-0.25, -0.2) is 4.79 Å². The number of aryl methyl sites for hydroxylation is 1. The van der Waals surface area contributed by atoms with Crippen molar-refractivity contribution < 1.29 is 24.2 Å². The quantitative estimate of drug-likeness (QED) is 0.182. The molecule has 3 amide bonds. The van der Waals surface area contributed by atoms with Crippen LogP contribution in [0, 0.1) is 12.8 Å². The highest BCUT2D eigenvalue weighted by molar-refractivity contribution is 5.92. The highest BCUT2D eigenvalue weighted by Crippen LogP contribution is 2.33. The van der Waals surface area contributed by atoms with Crippen LogP contribution in [-0.2, 0) is 14.3 Å². The van der Waals surface area contributed by atoms with Crippen molar-refractivity contribution in [1.29, 1.82) is 0 Å². The number of aromatic hydroxyl groups is 1. The smallest absolute Gasteiger partial charge is 0.408 e. The predicted molar refractivity (Wildman–Crippen MR) is 161 cm³/mol. The van der Waals surface area contributed by atoms with Crippen LogP contribution < -0.4 is 10.6 Å². The Morgan fingerprint density at radius 3 is 2.20 bits per heavy atom. The number of rotatable bonds is 17. The molecule has 0 fully saturated rings. The second-order valence-electron chi connectivity index (χ2n) is 11.9. The lowest BCUT2D eigenvalue weighted by Gasteiger charge is -2.36. The summed E-state index contributed by atoms with van der Waals surface area (Å²) in [6.45, 7) is 16.0. The van der Waals surface area contributed by atoms with Gasteiger partial charge in [0.25, 0.3) is 0 Å². The number of para-hydroxylation sites is 1. The van der Waals surface area contributed by atoms with E-state index in [0.717, 1.165) is 44.9 Å². The summed E-state index contributed by atoms with van der Waals surface area (Å²) in [7, 11) is 0. The molecule has 0 aromatic heterocycles. The fraction of sp³-hybridized carbons (Fsp3) is 0.719. The van der Waals surface area contributed by atoms with E-state index in [9.17, 15) is 19.5 Å². The molecule has 0 radical (unpaired) electrons. The van der Waals surface area contributed by atoms with Gasteiger partial charge in [0.2, 0.25) is 11.8 Å². The van der Waals surface area contributed by atoms with Crippen molar-refractivity contribution >= 4 is 17.9 Å². The Kier molecular flexibility index (Phi) is 15.7. The monoisotopic (exact) mass is 561 g/mol. The van der Waals surface area contributed by atoms with Gasteiger partial charge in [-0.15, -0.1) is 0 Å². The van der Waals surface area contributed by atoms with Crippen LogP contribution in [0.15, 0.2) is 18.2 Å². The van der Waals surface area contributed by atoms with E-state index in [4.69, 9.17) is 4.74 Å². The number of amides is 3. The van der Waals surface area contributed by atoms with Crippen LogP contribution in [-0.4, -0.2) is 52.6 Å². The van der Waals surface area contributed by atoms with Gasteiger partial charge in [-0.3, -0.25) is 9.59 Å². The number of hydrogen-bond acceptors (Lipinski definition) is 5. The summed E-state index contributed by atoms with van der Waals surface area (Å²) >= 11 is 0. The van der Waals surface area contributed by atoms with E-state index in [1.165, 1.54) is 0 Å². The Bertz CT molecular complexity index is 928. The Morgan fingerprint density at radius 1 is 0.975 bits per heavy atom. The van der Waals surface area contributed by atoms with Crippen molar-refractivity contribution in [3.05, 3.63) is 29.3 Å². The molecule has 1 rings (SSSR count). The van der Waals surface area contributed by atoms with Crippen molar-refractivity contribution in [1.82, 2.24) is 15.5 Å². The van der Waals surface area contributed by atoms with Crippen molar-refractivity contribution in [2.24, 2.45) is 5.92 Å². The van der Waals surface area contributed by atoms with Gasteiger partial charge in [0.1, 0.15) is 23.4 Å². The van der Waals surface area contributed by atoms with Crippen molar-refractivity contribution in [3.63, 3.8) is 0 Å². The van der Waals surface area contributed by atoms with Gasteiger partial charge in [-0.1, -0.05) is 90.8 Å². The first-order chi connectivity index (χ1) is 18.9. The third-order valence-electron chi connectivity index (χ3n) is 7.14. The number of benzene rings is 1.